The topological polar surface area (TPSA) is 64.6 Å². The summed E-state index contributed by atoms with van der Waals surface area (Å²) in [7, 11) is 1.59. The molecule has 0 radical (unpaired) electrons. The Kier molecular flexibility index (Phi) is 7.88. The van der Waals surface area contributed by atoms with Crippen LogP contribution in [0.4, 0.5) is 5.00 Å². The number of aryl methyl sites for hydroxylation is 2. The zero-order valence-corrected chi connectivity index (χ0v) is 20.7. The van der Waals surface area contributed by atoms with Crippen LogP contribution in [-0.2, 0) is 9.53 Å². The summed E-state index contributed by atoms with van der Waals surface area (Å²) in [5.74, 6) is -0.0817. The maximum atomic E-state index is 12.8. The summed E-state index contributed by atoms with van der Waals surface area (Å²) in [5.41, 5.74) is 5.09. The molecule has 0 spiro atoms. The van der Waals surface area contributed by atoms with Crippen LogP contribution in [0.3, 0.4) is 0 Å². The molecule has 32 heavy (non-hydrogen) atoms. The third kappa shape index (κ3) is 5.47. The Morgan fingerprint density at radius 1 is 1.12 bits per heavy atom. The van der Waals surface area contributed by atoms with E-state index in [1.54, 1.807) is 20.1 Å². The van der Waals surface area contributed by atoms with E-state index >= 15 is 0 Å². The fourth-order valence-corrected chi connectivity index (χ4v) is 4.79. The number of thiophene rings is 1. The highest BCUT2D eigenvalue weighted by Gasteiger charge is 2.23. The van der Waals surface area contributed by atoms with Crippen LogP contribution in [0.1, 0.15) is 34.0 Å². The van der Waals surface area contributed by atoms with Gasteiger partial charge in [-0.25, -0.2) is 4.79 Å². The largest absolute Gasteiger partial charge is 0.496 e. The third-order valence-corrected chi connectivity index (χ3v) is 6.30. The standard InChI is InChI=1S/C25H24BrNO4S/c1-5-31-25(29)23-19(18-9-6-15(2)12-16(18)3)14-32-24(23)27-22(28)11-8-17-7-10-21(30-4)20(26)13-17/h6-14H,5H2,1-4H3,(H,27,28)/b11-8+. The van der Waals surface area contributed by atoms with E-state index in [0.29, 0.717) is 16.3 Å². The van der Waals surface area contributed by atoms with Gasteiger partial charge in [0.1, 0.15) is 16.3 Å². The lowest BCUT2D eigenvalue weighted by molar-refractivity contribution is -0.111. The summed E-state index contributed by atoms with van der Waals surface area (Å²) in [5, 5.41) is 5.17. The van der Waals surface area contributed by atoms with Crippen LogP contribution >= 0.6 is 27.3 Å². The molecule has 1 N–H and O–H groups in total. The molecule has 0 fully saturated rings. The van der Waals surface area contributed by atoms with Crippen LogP contribution in [0.2, 0.25) is 0 Å². The van der Waals surface area contributed by atoms with Crippen LogP contribution < -0.4 is 10.1 Å². The molecule has 3 aromatic rings. The molecule has 1 amide bonds. The average molecular weight is 514 g/mol. The number of anilines is 1. The lowest BCUT2D eigenvalue weighted by atomic mass is 9.97. The number of ether oxygens (including phenoxy) is 2. The SMILES string of the molecule is CCOC(=O)c1c(-c2ccc(C)cc2C)csc1NC(=O)/C=C/c1ccc(OC)c(Br)c1. The van der Waals surface area contributed by atoms with Crippen molar-refractivity contribution in [3.05, 3.63) is 74.6 Å². The number of esters is 1. The summed E-state index contributed by atoms with van der Waals surface area (Å²) in [6, 6.07) is 11.6. The van der Waals surface area contributed by atoms with Crippen LogP contribution in [0.5, 0.6) is 5.75 Å². The molecule has 0 aliphatic rings. The minimum absolute atomic E-state index is 0.251. The molecule has 0 aliphatic carbocycles. The Morgan fingerprint density at radius 3 is 2.56 bits per heavy atom. The minimum atomic E-state index is -0.456. The lowest BCUT2D eigenvalue weighted by Crippen LogP contribution is -2.12. The maximum Gasteiger partial charge on any atom is 0.341 e. The molecule has 0 aliphatic heterocycles. The number of amides is 1. The molecule has 0 bridgehead atoms. The van der Waals surface area contributed by atoms with Crippen LogP contribution in [0.25, 0.3) is 17.2 Å². The molecular weight excluding hydrogens is 490 g/mol. The number of halogens is 1. The fourth-order valence-electron chi connectivity index (χ4n) is 3.28. The monoisotopic (exact) mass is 513 g/mol. The summed E-state index contributed by atoms with van der Waals surface area (Å²) in [6.45, 7) is 6.04. The molecule has 0 unspecified atom stereocenters. The van der Waals surface area contributed by atoms with Gasteiger partial charge in [-0.3, -0.25) is 4.79 Å². The van der Waals surface area contributed by atoms with Gasteiger partial charge in [-0.15, -0.1) is 11.3 Å². The van der Waals surface area contributed by atoms with Gasteiger partial charge < -0.3 is 14.8 Å². The predicted molar refractivity (Wildman–Crippen MR) is 134 cm³/mol. The second-order valence-electron chi connectivity index (χ2n) is 7.11. The smallest absolute Gasteiger partial charge is 0.341 e. The number of carbonyl (C=O) groups excluding carboxylic acids is 2. The van der Waals surface area contributed by atoms with Gasteiger partial charge in [0.05, 0.1) is 18.2 Å². The van der Waals surface area contributed by atoms with Crippen molar-refractivity contribution < 1.29 is 19.1 Å². The second-order valence-corrected chi connectivity index (χ2v) is 8.84. The van der Waals surface area contributed by atoms with Crippen molar-refractivity contribution in [1.82, 2.24) is 0 Å². The second kappa shape index (κ2) is 10.6. The zero-order chi connectivity index (χ0) is 23.3. The summed E-state index contributed by atoms with van der Waals surface area (Å²) in [4.78, 5) is 25.4. The van der Waals surface area contributed by atoms with E-state index in [-0.39, 0.29) is 12.5 Å². The van der Waals surface area contributed by atoms with E-state index in [1.165, 1.54) is 17.4 Å². The molecule has 5 nitrogen and oxygen atoms in total. The van der Waals surface area contributed by atoms with Crippen molar-refractivity contribution >= 4 is 50.2 Å². The molecule has 2 aromatic carbocycles. The van der Waals surface area contributed by atoms with Gasteiger partial charge in [0, 0.05) is 17.0 Å². The molecule has 3 rings (SSSR count). The first kappa shape index (κ1) is 23.8. The molecule has 0 saturated carbocycles. The average Bonchev–Trinajstić information content (AvgIpc) is 3.15. The first-order valence-corrected chi connectivity index (χ1v) is 11.7. The van der Waals surface area contributed by atoms with Crippen molar-refractivity contribution in [2.24, 2.45) is 0 Å². The normalized spacial score (nSPS) is 10.9. The molecule has 0 saturated heterocycles. The Bertz CT molecular complexity index is 1180. The summed E-state index contributed by atoms with van der Waals surface area (Å²) < 4.78 is 11.3. The highest BCUT2D eigenvalue weighted by Crippen LogP contribution is 2.38. The number of nitrogens with one attached hydrogen (secondary N) is 1. The highest BCUT2D eigenvalue weighted by atomic mass is 79.9. The number of carbonyl (C=O) groups is 2. The lowest BCUT2D eigenvalue weighted by Gasteiger charge is -2.10. The third-order valence-electron chi connectivity index (χ3n) is 4.78. The van der Waals surface area contributed by atoms with E-state index in [2.05, 4.69) is 27.3 Å². The molecular formula is C25H24BrNO4S. The first-order valence-electron chi connectivity index (χ1n) is 10.0. The van der Waals surface area contributed by atoms with Crippen molar-refractivity contribution in [1.29, 1.82) is 0 Å². The van der Waals surface area contributed by atoms with E-state index in [9.17, 15) is 9.59 Å². The van der Waals surface area contributed by atoms with Crippen LogP contribution in [0, 0.1) is 13.8 Å². The van der Waals surface area contributed by atoms with Crippen LogP contribution in [-0.4, -0.2) is 25.6 Å². The molecule has 166 valence electrons. The first-order chi connectivity index (χ1) is 15.3. The Labute approximate surface area is 200 Å². The van der Waals surface area contributed by atoms with Crippen molar-refractivity contribution in [3.63, 3.8) is 0 Å². The quantitative estimate of drug-likeness (QED) is 0.284. The molecule has 7 heteroatoms. The van der Waals surface area contributed by atoms with E-state index < -0.39 is 5.97 Å². The van der Waals surface area contributed by atoms with Gasteiger partial charge in [-0.2, -0.15) is 0 Å². The van der Waals surface area contributed by atoms with E-state index in [0.717, 1.165) is 32.3 Å². The van der Waals surface area contributed by atoms with E-state index in [1.807, 2.05) is 49.6 Å². The summed E-state index contributed by atoms with van der Waals surface area (Å²) in [6.07, 6.45) is 3.13. The molecule has 0 atom stereocenters. The van der Waals surface area contributed by atoms with Gasteiger partial charge in [-0.1, -0.05) is 29.8 Å². The maximum absolute atomic E-state index is 12.8. The van der Waals surface area contributed by atoms with Crippen molar-refractivity contribution in [2.75, 3.05) is 19.0 Å². The van der Waals surface area contributed by atoms with Gasteiger partial charge in [0.25, 0.3) is 0 Å². The van der Waals surface area contributed by atoms with Gasteiger partial charge >= 0.3 is 5.97 Å². The van der Waals surface area contributed by atoms with Crippen molar-refractivity contribution in [2.45, 2.75) is 20.8 Å². The van der Waals surface area contributed by atoms with E-state index in [4.69, 9.17) is 9.47 Å². The highest BCUT2D eigenvalue weighted by molar-refractivity contribution is 9.10. The number of hydrogen-bond acceptors (Lipinski definition) is 5. The Hall–Kier alpha value is -2.90. The van der Waals surface area contributed by atoms with Crippen LogP contribution in [0.15, 0.2) is 52.3 Å². The molecule has 1 heterocycles. The number of hydrogen-bond donors (Lipinski definition) is 1. The number of benzene rings is 2. The summed E-state index contributed by atoms with van der Waals surface area (Å²) >= 11 is 4.74. The predicted octanol–water partition coefficient (Wildman–Crippen LogP) is 6.63. The van der Waals surface area contributed by atoms with Gasteiger partial charge in [-0.05, 0) is 71.6 Å². The fraction of sp³-hybridized carbons (Fsp3) is 0.200. The Balaban J connectivity index is 1.88. The molecule has 1 aromatic heterocycles. The van der Waals surface area contributed by atoms with Crippen molar-refractivity contribution in [3.8, 4) is 16.9 Å². The van der Waals surface area contributed by atoms with Gasteiger partial charge in [0.2, 0.25) is 5.91 Å². The minimum Gasteiger partial charge on any atom is -0.496 e. The number of rotatable bonds is 7. The zero-order valence-electron chi connectivity index (χ0n) is 18.3. The number of methoxy groups -OCH3 is 1. The van der Waals surface area contributed by atoms with Gasteiger partial charge in [0.15, 0.2) is 0 Å². The Morgan fingerprint density at radius 2 is 1.91 bits per heavy atom.